The fraction of sp³-hybridized carbons (Fsp3) is 0.909. The van der Waals surface area contributed by atoms with Crippen molar-refractivity contribution in [2.75, 3.05) is 40.0 Å². The van der Waals surface area contributed by atoms with Gasteiger partial charge in [-0.15, -0.1) is 0 Å². The number of ether oxygens (including phenoxy) is 1. The molecule has 5 heteroatoms. The maximum atomic E-state index is 12.1. The Kier molecular flexibility index (Phi) is 6.37. The van der Waals surface area contributed by atoms with E-state index in [9.17, 15) is 4.79 Å². The molecule has 0 spiro atoms. The van der Waals surface area contributed by atoms with Crippen LogP contribution in [0, 0.1) is 0 Å². The lowest BCUT2D eigenvalue weighted by Crippen LogP contribution is -2.50. The first-order chi connectivity index (χ1) is 7.79. The Balaban J connectivity index is 2.44. The molecule has 0 unspecified atom stereocenters. The van der Waals surface area contributed by atoms with E-state index in [2.05, 4.69) is 5.32 Å². The quantitative estimate of drug-likeness (QED) is 0.651. The van der Waals surface area contributed by atoms with Crippen molar-refractivity contribution >= 4 is 5.91 Å². The van der Waals surface area contributed by atoms with Gasteiger partial charge in [0, 0.05) is 20.2 Å². The van der Waals surface area contributed by atoms with Gasteiger partial charge in [-0.25, -0.2) is 0 Å². The second-order valence-corrected chi connectivity index (χ2v) is 4.04. The Hall–Kier alpha value is -0.650. The summed E-state index contributed by atoms with van der Waals surface area (Å²) in [6.45, 7) is 2.36. The Labute approximate surface area is 96.8 Å². The van der Waals surface area contributed by atoms with Crippen LogP contribution in [-0.4, -0.2) is 61.9 Å². The average Bonchev–Trinajstić information content (AvgIpc) is 2.35. The molecule has 0 aromatic carbocycles. The number of rotatable bonds is 6. The van der Waals surface area contributed by atoms with Gasteiger partial charge >= 0.3 is 0 Å². The first kappa shape index (κ1) is 13.4. The third-order valence-electron chi connectivity index (χ3n) is 2.86. The van der Waals surface area contributed by atoms with Gasteiger partial charge in [0.05, 0.1) is 19.3 Å². The van der Waals surface area contributed by atoms with Crippen LogP contribution in [-0.2, 0) is 9.53 Å². The fourth-order valence-electron chi connectivity index (χ4n) is 1.94. The normalized spacial score (nSPS) is 20.8. The predicted molar refractivity (Wildman–Crippen MR) is 61.2 cm³/mol. The molecular formula is C11H22N2O3. The summed E-state index contributed by atoms with van der Waals surface area (Å²) in [6.07, 6.45) is 3.14. The summed E-state index contributed by atoms with van der Waals surface area (Å²) < 4.78 is 4.96. The topological polar surface area (TPSA) is 61.8 Å². The monoisotopic (exact) mass is 230 g/mol. The van der Waals surface area contributed by atoms with Crippen molar-refractivity contribution < 1.29 is 14.6 Å². The van der Waals surface area contributed by atoms with Gasteiger partial charge in [0.25, 0.3) is 0 Å². The highest BCUT2D eigenvalue weighted by Crippen LogP contribution is 2.09. The smallest absolute Gasteiger partial charge is 0.239 e. The van der Waals surface area contributed by atoms with Crippen molar-refractivity contribution in [3.05, 3.63) is 0 Å². The summed E-state index contributed by atoms with van der Waals surface area (Å²) in [5, 5.41) is 12.1. The molecule has 94 valence electrons. The number of nitrogens with one attached hydrogen (secondary N) is 1. The summed E-state index contributed by atoms with van der Waals surface area (Å²) >= 11 is 0. The van der Waals surface area contributed by atoms with Crippen molar-refractivity contribution in [3.63, 3.8) is 0 Å². The van der Waals surface area contributed by atoms with Crippen molar-refractivity contribution in [1.82, 2.24) is 10.2 Å². The highest BCUT2D eigenvalue weighted by molar-refractivity contribution is 5.82. The van der Waals surface area contributed by atoms with E-state index in [1.807, 2.05) is 0 Å². The van der Waals surface area contributed by atoms with E-state index in [1.165, 1.54) is 0 Å². The molecule has 1 aliphatic rings. The Morgan fingerprint density at radius 2 is 2.31 bits per heavy atom. The zero-order valence-electron chi connectivity index (χ0n) is 9.95. The summed E-state index contributed by atoms with van der Waals surface area (Å²) in [7, 11) is 1.61. The number of hydrogen-bond donors (Lipinski definition) is 2. The molecule has 1 amide bonds. The summed E-state index contributed by atoms with van der Waals surface area (Å²) in [4.78, 5) is 13.8. The van der Waals surface area contributed by atoms with Crippen LogP contribution in [0.4, 0.5) is 0 Å². The highest BCUT2D eigenvalue weighted by atomic mass is 16.5. The van der Waals surface area contributed by atoms with Gasteiger partial charge in [-0.2, -0.15) is 0 Å². The van der Waals surface area contributed by atoms with Crippen molar-refractivity contribution in [3.8, 4) is 0 Å². The molecular weight excluding hydrogens is 208 g/mol. The molecule has 1 atom stereocenters. The summed E-state index contributed by atoms with van der Waals surface area (Å²) in [6, 6.07) is -0.0721. The number of hydrogen-bond acceptors (Lipinski definition) is 4. The number of aliphatic hydroxyl groups excluding tert-OH is 1. The number of methoxy groups -OCH3 is 1. The standard InChI is InChI=1S/C11H22N2O3/c1-16-9-7-13(6-8-14)11(15)10-4-2-3-5-12-10/h10,12,14H,2-9H2,1H3/t10-/m0/s1. The van der Waals surface area contributed by atoms with E-state index in [0.717, 1.165) is 25.8 Å². The van der Waals surface area contributed by atoms with Gasteiger partial charge in [0.1, 0.15) is 0 Å². The van der Waals surface area contributed by atoms with Crippen molar-refractivity contribution in [1.29, 1.82) is 0 Å². The zero-order chi connectivity index (χ0) is 11.8. The minimum atomic E-state index is -0.0721. The molecule has 16 heavy (non-hydrogen) atoms. The van der Waals surface area contributed by atoms with Gasteiger partial charge in [0.2, 0.25) is 5.91 Å². The molecule has 0 aliphatic carbocycles. The number of amides is 1. The van der Waals surface area contributed by atoms with Gasteiger partial charge in [0.15, 0.2) is 0 Å². The summed E-state index contributed by atoms with van der Waals surface area (Å²) in [5.74, 6) is 0.0887. The van der Waals surface area contributed by atoms with Gasteiger partial charge < -0.3 is 20.1 Å². The van der Waals surface area contributed by atoms with E-state index in [-0.39, 0.29) is 18.6 Å². The molecule has 0 bridgehead atoms. The average molecular weight is 230 g/mol. The summed E-state index contributed by atoms with van der Waals surface area (Å²) in [5.41, 5.74) is 0. The molecule has 1 aliphatic heterocycles. The first-order valence-corrected chi connectivity index (χ1v) is 5.91. The lowest BCUT2D eigenvalue weighted by atomic mass is 10.0. The lowest BCUT2D eigenvalue weighted by Gasteiger charge is -2.29. The molecule has 0 radical (unpaired) electrons. The highest BCUT2D eigenvalue weighted by Gasteiger charge is 2.24. The lowest BCUT2D eigenvalue weighted by molar-refractivity contribution is -0.135. The van der Waals surface area contributed by atoms with Crippen molar-refractivity contribution in [2.45, 2.75) is 25.3 Å². The second kappa shape index (κ2) is 7.60. The third-order valence-corrected chi connectivity index (χ3v) is 2.86. The van der Waals surface area contributed by atoms with Crippen LogP contribution in [0.3, 0.4) is 0 Å². The van der Waals surface area contributed by atoms with Crippen LogP contribution in [0.25, 0.3) is 0 Å². The largest absolute Gasteiger partial charge is 0.395 e. The van der Waals surface area contributed by atoms with Crippen LogP contribution in [0.1, 0.15) is 19.3 Å². The minimum Gasteiger partial charge on any atom is -0.395 e. The number of carbonyl (C=O) groups is 1. The molecule has 1 heterocycles. The Morgan fingerprint density at radius 1 is 1.50 bits per heavy atom. The molecule has 0 aromatic heterocycles. The number of aliphatic hydroxyl groups is 1. The predicted octanol–water partition coefficient (Wildman–Crippen LogP) is -0.404. The number of carbonyl (C=O) groups excluding carboxylic acids is 1. The van der Waals surface area contributed by atoms with E-state index < -0.39 is 0 Å². The van der Waals surface area contributed by atoms with Crippen LogP contribution in [0.15, 0.2) is 0 Å². The third kappa shape index (κ3) is 4.08. The maximum absolute atomic E-state index is 12.1. The SMILES string of the molecule is COCCN(CCO)C(=O)[C@@H]1CCCCN1. The molecule has 1 saturated heterocycles. The van der Waals surface area contributed by atoms with Crippen LogP contribution in [0.5, 0.6) is 0 Å². The first-order valence-electron chi connectivity index (χ1n) is 5.91. The Bertz CT molecular complexity index is 205. The molecule has 5 nitrogen and oxygen atoms in total. The second-order valence-electron chi connectivity index (χ2n) is 4.04. The number of piperidine rings is 1. The molecule has 0 saturated carbocycles. The van der Waals surface area contributed by atoms with Crippen LogP contribution in [0.2, 0.25) is 0 Å². The van der Waals surface area contributed by atoms with E-state index in [0.29, 0.717) is 19.7 Å². The maximum Gasteiger partial charge on any atom is 0.239 e. The van der Waals surface area contributed by atoms with E-state index in [1.54, 1.807) is 12.0 Å². The fourth-order valence-corrected chi connectivity index (χ4v) is 1.94. The van der Waals surface area contributed by atoms with E-state index in [4.69, 9.17) is 9.84 Å². The Morgan fingerprint density at radius 3 is 2.88 bits per heavy atom. The molecule has 0 aromatic rings. The van der Waals surface area contributed by atoms with Crippen LogP contribution < -0.4 is 5.32 Å². The van der Waals surface area contributed by atoms with Crippen molar-refractivity contribution in [2.24, 2.45) is 0 Å². The zero-order valence-corrected chi connectivity index (χ0v) is 9.95. The van der Waals surface area contributed by atoms with Gasteiger partial charge in [-0.05, 0) is 19.4 Å². The van der Waals surface area contributed by atoms with Gasteiger partial charge in [-0.3, -0.25) is 4.79 Å². The minimum absolute atomic E-state index is 0.00216. The molecule has 1 fully saturated rings. The molecule has 1 rings (SSSR count). The molecule has 2 N–H and O–H groups in total. The number of nitrogens with zero attached hydrogens (tertiary/aromatic N) is 1. The van der Waals surface area contributed by atoms with Gasteiger partial charge in [-0.1, -0.05) is 6.42 Å². The van der Waals surface area contributed by atoms with Crippen LogP contribution >= 0.6 is 0 Å². The van der Waals surface area contributed by atoms with E-state index >= 15 is 0 Å².